The average molecular weight is 436 g/mol. The van der Waals surface area contributed by atoms with Crippen LogP contribution in [-0.4, -0.2) is 15.5 Å². The van der Waals surface area contributed by atoms with E-state index in [1.165, 1.54) is 6.07 Å². The molecule has 1 amide bonds. The number of aromatic nitrogens is 2. The maximum Gasteiger partial charge on any atom is 0.418 e. The molecule has 0 aliphatic heterocycles. The zero-order chi connectivity index (χ0) is 19.9. The molecular weight excluding hydrogens is 426 g/mol. The molecule has 0 atom stereocenters. The lowest BCUT2D eigenvalue weighted by Gasteiger charge is -2.14. The standard InChI is InChI=1S/C16H10Cl2F3N3O2S/c1-24-5-6-27-15(24)23-14(26)9-11(13(17)18)22-10-7(12(9)25)3-2-4-8(10)16(19,20)21/h2-6,13H,1H3,(H,22,25). The summed E-state index contributed by atoms with van der Waals surface area (Å²) in [5, 5.41) is 1.37. The van der Waals surface area contributed by atoms with Crippen LogP contribution in [0.1, 0.15) is 26.5 Å². The van der Waals surface area contributed by atoms with Crippen molar-refractivity contribution in [1.82, 2.24) is 9.55 Å². The Morgan fingerprint density at radius 1 is 1.33 bits per heavy atom. The zero-order valence-corrected chi connectivity index (χ0v) is 15.8. The largest absolute Gasteiger partial charge is 0.418 e. The summed E-state index contributed by atoms with van der Waals surface area (Å²) in [5.74, 6) is -0.949. The van der Waals surface area contributed by atoms with Gasteiger partial charge in [0.2, 0.25) is 5.43 Å². The van der Waals surface area contributed by atoms with Gasteiger partial charge < -0.3 is 9.55 Å². The summed E-state index contributed by atoms with van der Waals surface area (Å²) in [6.07, 6.45) is -3.06. The molecule has 0 fully saturated rings. The molecule has 0 aliphatic carbocycles. The molecule has 2 heterocycles. The third-order valence-electron chi connectivity index (χ3n) is 3.76. The normalized spacial score (nSPS) is 12.9. The highest BCUT2D eigenvalue weighted by molar-refractivity contribution is 7.07. The number of amides is 1. The van der Waals surface area contributed by atoms with E-state index in [0.29, 0.717) is 4.80 Å². The fourth-order valence-corrected chi connectivity index (χ4v) is 3.58. The first kappa shape index (κ1) is 19.7. The van der Waals surface area contributed by atoms with Crippen LogP contribution in [0, 0.1) is 0 Å². The van der Waals surface area contributed by atoms with Crippen molar-refractivity contribution >= 4 is 51.3 Å². The lowest BCUT2D eigenvalue weighted by molar-refractivity contribution is -0.136. The van der Waals surface area contributed by atoms with Crippen molar-refractivity contribution in [1.29, 1.82) is 0 Å². The van der Waals surface area contributed by atoms with Gasteiger partial charge in [-0.1, -0.05) is 29.3 Å². The molecule has 0 unspecified atom stereocenters. The molecule has 142 valence electrons. The third kappa shape index (κ3) is 3.67. The Labute approximate surface area is 163 Å². The van der Waals surface area contributed by atoms with Gasteiger partial charge in [-0.05, 0) is 12.1 Å². The van der Waals surface area contributed by atoms with Crippen molar-refractivity contribution in [2.24, 2.45) is 12.0 Å². The number of pyridine rings is 1. The Balaban J connectivity index is 2.36. The van der Waals surface area contributed by atoms with Crippen molar-refractivity contribution in [2.75, 3.05) is 0 Å². The number of H-pyrrole nitrogens is 1. The van der Waals surface area contributed by atoms with E-state index in [1.807, 2.05) is 0 Å². The van der Waals surface area contributed by atoms with Crippen LogP contribution in [0.2, 0.25) is 0 Å². The predicted molar refractivity (Wildman–Crippen MR) is 97.2 cm³/mol. The summed E-state index contributed by atoms with van der Waals surface area (Å²) in [4.78, 5) is 30.5. The highest BCUT2D eigenvalue weighted by atomic mass is 35.5. The van der Waals surface area contributed by atoms with Crippen LogP contribution >= 0.6 is 34.5 Å². The molecule has 0 saturated carbocycles. The van der Waals surface area contributed by atoms with Crippen LogP contribution in [0.25, 0.3) is 10.9 Å². The van der Waals surface area contributed by atoms with E-state index in [0.717, 1.165) is 23.5 Å². The lowest BCUT2D eigenvalue weighted by atomic mass is 10.0. The molecule has 0 bridgehead atoms. The van der Waals surface area contributed by atoms with Gasteiger partial charge >= 0.3 is 6.18 Å². The summed E-state index contributed by atoms with van der Waals surface area (Å²) in [7, 11) is 1.65. The number of alkyl halides is 5. The van der Waals surface area contributed by atoms with Crippen LogP contribution < -0.4 is 10.2 Å². The number of rotatable bonds is 2. The minimum absolute atomic E-state index is 0.301. The number of para-hydroxylation sites is 1. The summed E-state index contributed by atoms with van der Waals surface area (Å²) in [6.45, 7) is 0. The van der Waals surface area contributed by atoms with Gasteiger partial charge in [0.25, 0.3) is 5.91 Å². The highest BCUT2D eigenvalue weighted by Crippen LogP contribution is 2.35. The molecule has 0 radical (unpaired) electrons. The number of benzene rings is 1. The summed E-state index contributed by atoms with van der Waals surface area (Å²) in [5.41, 5.74) is -3.31. The zero-order valence-electron chi connectivity index (χ0n) is 13.5. The van der Waals surface area contributed by atoms with Gasteiger partial charge in [0.15, 0.2) is 4.80 Å². The number of nitrogens with one attached hydrogen (secondary N) is 1. The van der Waals surface area contributed by atoms with Gasteiger partial charge in [-0.15, -0.1) is 11.3 Å². The van der Waals surface area contributed by atoms with Crippen molar-refractivity contribution in [3.8, 4) is 0 Å². The summed E-state index contributed by atoms with van der Waals surface area (Å²) < 4.78 is 41.3. The second-order valence-electron chi connectivity index (χ2n) is 5.48. The molecule has 3 rings (SSSR count). The second-order valence-corrected chi connectivity index (χ2v) is 7.45. The van der Waals surface area contributed by atoms with E-state index in [4.69, 9.17) is 23.2 Å². The number of aryl methyl sites for hydroxylation is 1. The van der Waals surface area contributed by atoms with Crippen LogP contribution in [-0.2, 0) is 13.2 Å². The third-order valence-corrected chi connectivity index (χ3v) is 5.04. The number of carbonyl (C=O) groups is 1. The van der Waals surface area contributed by atoms with E-state index >= 15 is 0 Å². The van der Waals surface area contributed by atoms with Gasteiger partial charge in [-0.3, -0.25) is 9.59 Å². The Bertz CT molecular complexity index is 1160. The number of nitrogens with zero attached hydrogens (tertiary/aromatic N) is 2. The van der Waals surface area contributed by atoms with Gasteiger partial charge in [0, 0.05) is 24.0 Å². The SMILES string of the molecule is Cn1ccsc1=NC(=O)c1c(C(Cl)Cl)[nH]c2c(C(F)(F)F)cccc2c1=O. The Morgan fingerprint density at radius 3 is 2.59 bits per heavy atom. The molecule has 11 heteroatoms. The van der Waals surface area contributed by atoms with E-state index < -0.39 is 39.0 Å². The number of hydrogen-bond acceptors (Lipinski definition) is 3. The maximum absolute atomic E-state index is 13.3. The molecule has 1 N–H and O–H groups in total. The van der Waals surface area contributed by atoms with E-state index in [1.54, 1.807) is 23.2 Å². The van der Waals surface area contributed by atoms with Gasteiger partial charge in [0.1, 0.15) is 10.4 Å². The molecule has 3 aromatic rings. The van der Waals surface area contributed by atoms with E-state index in [2.05, 4.69) is 9.98 Å². The number of halogens is 5. The summed E-state index contributed by atoms with van der Waals surface area (Å²) in [6, 6.07) is 3.09. The number of fused-ring (bicyclic) bond motifs is 1. The van der Waals surface area contributed by atoms with Gasteiger partial charge in [-0.2, -0.15) is 18.2 Å². The topological polar surface area (TPSA) is 67.2 Å². The Morgan fingerprint density at radius 2 is 2.04 bits per heavy atom. The van der Waals surface area contributed by atoms with Crippen molar-refractivity contribution in [3.63, 3.8) is 0 Å². The quantitative estimate of drug-likeness (QED) is 0.613. The smallest absolute Gasteiger partial charge is 0.355 e. The summed E-state index contributed by atoms with van der Waals surface area (Å²) >= 11 is 12.8. The first-order valence-electron chi connectivity index (χ1n) is 7.34. The Kier molecular flexibility index (Phi) is 5.20. The molecule has 2 aromatic heterocycles. The molecule has 27 heavy (non-hydrogen) atoms. The average Bonchev–Trinajstić information content (AvgIpc) is 2.97. The minimum atomic E-state index is -4.71. The lowest BCUT2D eigenvalue weighted by Crippen LogP contribution is -2.23. The molecule has 1 aromatic carbocycles. The van der Waals surface area contributed by atoms with Crippen molar-refractivity contribution in [3.05, 3.63) is 61.6 Å². The minimum Gasteiger partial charge on any atom is -0.355 e. The van der Waals surface area contributed by atoms with Crippen molar-refractivity contribution < 1.29 is 18.0 Å². The van der Waals surface area contributed by atoms with E-state index in [-0.39, 0.29) is 11.1 Å². The molecular formula is C16H10Cl2F3N3O2S. The monoisotopic (exact) mass is 435 g/mol. The van der Waals surface area contributed by atoms with Crippen LogP contribution in [0.15, 0.2) is 39.6 Å². The van der Waals surface area contributed by atoms with Crippen LogP contribution in [0.4, 0.5) is 13.2 Å². The van der Waals surface area contributed by atoms with Crippen LogP contribution in [0.3, 0.4) is 0 Å². The van der Waals surface area contributed by atoms with Crippen LogP contribution in [0.5, 0.6) is 0 Å². The van der Waals surface area contributed by atoms with Crippen molar-refractivity contribution in [2.45, 2.75) is 11.0 Å². The fourth-order valence-electron chi connectivity index (χ4n) is 2.52. The van der Waals surface area contributed by atoms with E-state index in [9.17, 15) is 22.8 Å². The molecule has 0 spiro atoms. The Hall–Kier alpha value is -2.10. The maximum atomic E-state index is 13.3. The number of aromatic amines is 1. The highest BCUT2D eigenvalue weighted by Gasteiger charge is 2.34. The fraction of sp³-hybridized carbons (Fsp3) is 0.188. The van der Waals surface area contributed by atoms with Gasteiger partial charge in [-0.25, -0.2) is 0 Å². The first-order valence-corrected chi connectivity index (χ1v) is 9.10. The number of thiazole rings is 1. The molecule has 5 nitrogen and oxygen atoms in total. The molecule has 0 aliphatic rings. The first-order chi connectivity index (χ1) is 12.6. The predicted octanol–water partition coefficient (Wildman–Crippen LogP) is 4.16. The van der Waals surface area contributed by atoms with Gasteiger partial charge in [0.05, 0.1) is 16.8 Å². The molecule has 0 saturated heterocycles. The number of hydrogen-bond donors (Lipinski definition) is 1. The number of carbonyl (C=O) groups excluding carboxylic acids is 1. The second kappa shape index (κ2) is 7.14.